The van der Waals surface area contributed by atoms with Crippen LogP contribution in [0.2, 0.25) is 0 Å². The molecule has 0 saturated carbocycles. The van der Waals surface area contributed by atoms with E-state index in [9.17, 15) is 9.18 Å². The van der Waals surface area contributed by atoms with E-state index in [-0.39, 0.29) is 11.4 Å². The maximum Gasteiger partial charge on any atom is 0.297 e. The average Bonchev–Trinajstić information content (AvgIpc) is 3.15. The standard InChI is InChI=1S/C20H24FN5O3/c1-15-23-19-18(14-22-25(19)17-6-4-16(21)5-7-17)20(27)26(15)29-11-3-2-8-24-9-12-28-13-10-24/h4-7,14H,2-3,8-13H2,1H3. The lowest BCUT2D eigenvalue weighted by Crippen LogP contribution is -2.37. The van der Waals surface area contributed by atoms with Crippen LogP contribution in [0.25, 0.3) is 16.7 Å². The molecule has 3 heterocycles. The van der Waals surface area contributed by atoms with E-state index < -0.39 is 0 Å². The van der Waals surface area contributed by atoms with Gasteiger partial charge in [-0.1, -0.05) is 0 Å². The maximum atomic E-state index is 13.2. The fourth-order valence-electron chi connectivity index (χ4n) is 3.40. The zero-order valence-corrected chi connectivity index (χ0v) is 16.4. The van der Waals surface area contributed by atoms with Crippen molar-refractivity contribution in [3.8, 4) is 5.69 Å². The molecule has 0 N–H and O–H groups in total. The number of nitrogens with zero attached hydrogens (tertiary/aromatic N) is 5. The van der Waals surface area contributed by atoms with E-state index >= 15 is 0 Å². The van der Waals surface area contributed by atoms with E-state index in [2.05, 4.69) is 15.0 Å². The molecule has 2 aromatic heterocycles. The molecular formula is C20H24FN5O3. The Bertz CT molecular complexity index is 1030. The Morgan fingerprint density at radius 3 is 2.69 bits per heavy atom. The smallest absolute Gasteiger partial charge is 0.297 e. The second-order valence-corrected chi connectivity index (χ2v) is 7.02. The highest BCUT2D eigenvalue weighted by molar-refractivity contribution is 5.75. The summed E-state index contributed by atoms with van der Waals surface area (Å²) in [6.07, 6.45) is 3.30. The highest BCUT2D eigenvalue weighted by atomic mass is 19.1. The third kappa shape index (κ3) is 4.30. The molecule has 4 rings (SSSR count). The van der Waals surface area contributed by atoms with Crippen LogP contribution in [0.4, 0.5) is 4.39 Å². The first-order valence-electron chi connectivity index (χ1n) is 9.80. The summed E-state index contributed by atoms with van der Waals surface area (Å²) in [6, 6.07) is 5.87. The predicted molar refractivity (Wildman–Crippen MR) is 106 cm³/mol. The van der Waals surface area contributed by atoms with Gasteiger partial charge in [-0.25, -0.2) is 14.1 Å². The molecular weight excluding hydrogens is 377 g/mol. The fourth-order valence-corrected chi connectivity index (χ4v) is 3.40. The molecule has 3 aromatic rings. The number of rotatable bonds is 7. The highest BCUT2D eigenvalue weighted by Crippen LogP contribution is 2.15. The van der Waals surface area contributed by atoms with Crippen molar-refractivity contribution in [1.82, 2.24) is 24.4 Å². The second kappa shape index (κ2) is 8.71. The number of hydrogen-bond acceptors (Lipinski definition) is 6. The zero-order valence-electron chi connectivity index (χ0n) is 16.4. The Morgan fingerprint density at radius 1 is 1.17 bits per heavy atom. The molecule has 8 nitrogen and oxygen atoms in total. The van der Waals surface area contributed by atoms with Crippen LogP contribution in [0.1, 0.15) is 18.7 Å². The molecule has 0 aliphatic carbocycles. The number of morpholine rings is 1. The molecule has 0 atom stereocenters. The third-order valence-electron chi connectivity index (χ3n) is 4.98. The minimum Gasteiger partial charge on any atom is -0.409 e. The van der Waals surface area contributed by atoms with Gasteiger partial charge < -0.3 is 9.57 Å². The normalized spacial score (nSPS) is 15.1. The monoisotopic (exact) mass is 401 g/mol. The number of aromatic nitrogens is 4. The third-order valence-corrected chi connectivity index (χ3v) is 4.98. The molecule has 0 amide bonds. The largest absolute Gasteiger partial charge is 0.409 e. The van der Waals surface area contributed by atoms with E-state index in [1.807, 2.05) is 0 Å². The number of ether oxygens (including phenoxy) is 1. The number of halogens is 1. The predicted octanol–water partition coefficient (Wildman–Crippen LogP) is 1.57. The van der Waals surface area contributed by atoms with Crippen molar-refractivity contribution in [2.75, 3.05) is 39.5 Å². The van der Waals surface area contributed by atoms with E-state index in [0.29, 0.717) is 29.2 Å². The Labute approximate surface area is 167 Å². The maximum absolute atomic E-state index is 13.2. The van der Waals surface area contributed by atoms with Gasteiger partial charge in [-0.3, -0.25) is 9.69 Å². The quantitative estimate of drug-likeness (QED) is 0.560. The highest BCUT2D eigenvalue weighted by Gasteiger charge is 2.15. The van der Waals surface area contributed by atoms with Crippen LogP contribution in [-0.2, 0) is 4.74 Å². The summed E-state index contributed by atoms with van der Waals surface area (Å²) in [7, 11) is 0. The number of fused-ring (bicyclic) bond motifs is 1. The number of unbranched alkanes of at least 4 members (excludes halogenated alkanes) is 1. The van der Waals surface area contributed by atoms with Crippen LogP contribution in [0.15, 0.2) is 35.3 Å². The Kier molecular flexibility index (Phi) is 5.86. The number of benzene rings is 1. The van der Waals surface area contributed by atoms with Crippen LogP contribution >= 0.6 is 0 Å². The van der Waals surface area contributed by atoms with Gasteiger partial charge in [-0.15, -0.1) is 4.73 Å². The summed E-state index contributed by atoms with van der Waals surface area (Å²) >= 11 is 0. The summed E-state index contributed by atoms with van der Waals surface area (Å²) < 4.78 is 21.3. The van der Waals surface area contributed by atoms with E-state index in [1.54, 1.807) is 19.1 Å². The van der Waals surface area contributed by atoms with Gasteiger partial charge in [0.05, 0.1) is 25.1 Å². The molecule has 0 spiro atoms. The van der Waals surface area contributed by atoms with Crippen LogP contribution in [0.5, 0.6) is 0 Å². The number of aryl methyl sites for hydroxylation is 1. The van der Waals surface area contributed by atoms with Gasteiger partial charge in [-0.2, -0.15) is 5.10 Å². The summed E-state index contributed by atoms with van der Waals surface area (Å²) in [6.45, 7) is 6.68. The molecule has 1 fully saturated rings. The first-order valence-corrected chi connectivity index (χ1v) is 9.80. The van der Waals surface area contributed by atoms with Crippen LogP contribution in [0.3, 0.4) is 0 Å². The van der Waals surface area contributed by atoms with Crippen molar-refractivity contribution in [2.24, 2.45) is 0 Å². The lowest BCUT2D eigenvalue weighted by atomic mass is 10.3. The summed E-state index contributed by atoms with van der Waals surface area (Å²) in [4.78, 5) is 25.4. The Morgan fingerprint density at radius 2 is 1.93 bits per heavy atom. The summed E-state index contributed by atoms with van der Waals surface area (Å²) in [5, 5.41) is 4.60. The first kappa shape index (κ1) is 19.5. The van der Waals surface area contributed by atoms with Crippen LogP contribution in [0, 0.1) is 12.7 Å². The molecule has 1 saturated heterocycles. The van der Waals surface area contributed by atoms with Gasteiger partial charge in [0.15, 0.2) is 5.65 Å². The van der Waals surface area contributed by atoms with Crippen molar-refractivity contribution in [3.05, 3.63) is 52.5 Å². The van der Waals surface area contributed by atoms with Gasteiger partial charge in [0.2, 0.25) is 0 Å². The Balaban J connectivity index is 1.43. The fraction of sp³-hybridized carbons (Fsp3) is 0.450. The van der Waals surface area contributed by atoms with Crippen LogP contribution < -0.4 is 10.4 Å². The molecule has 29 heavy (non-hydrogen) atoms. The van der Waals surface area contributed by atoms with E-state index in [4.69, 9.17) is 9.57 Å². The zero-order chi connectivity index (χ0) is 20.2. The van der Waals surface area contributed by atoms with Crippen molar-refractivity contribution in [2.45, 2.75) is 19.8 Å². The van der Waals surface area contributed by atoms with Crippen molar-refractivity contribution < 1.29 is 14.0 Å². The van der Waals surface area contributed by atoms with Gasteiger partial charge in [-0.05, 0) is 50.6 Å². The average molecular weight is 401 g/mol. The molecule has 154 valence electrons. The van der Waals surface area contributed by atoms with Crippen LogP contribution in [-0.4, -0.2) is 63.8 Å². The molecule has 1 aliphatic rings. The van der Waals surface area contributed by atoms with Gasteiger partial charge in [0.25, 0.3) is 5.56 Å². The van der Waals surface area contributed by atoms with E-state index in [1.165, 1.54) is 27.7 Å². The first-order chi connectivity index (χ1) is 14.1. The van der Waals surface area contributed by atoms with Crippen molar-refractivity contribution in [1.29, 1.82) is 0 Å². The molecule has 0 unspecified atom stereocenters. The summed E-state index contributed by atoms with van der Waals surface area (Å²) in [5.41, 5.74) is 0.759. The number of hydrogen-bond donors (Lipinski definition) is 0. The molecule has 1 aromatic carbocycles. The molecule has 9 heteroatoms. The SMILES string of the molecule is Cc1nc2c(cnn2-c2ccc(F)cc2)c(=O)n1OCCCCN1CCOCC1. The van der Waals surface area contributed by atoms with Gasteiger partial charge in [0.1, 0.15) is 23.6 Å². The Hall–Kier alpha value is -2.78. The van der Waals surface area contributed by atoms with Crippen molar-refractivity contribution >= 4 is 11.0 Å². The van der Waals surface area contributed by atoms with Gasteiger partial charge >= 0.3 is 0 Å². The van der Waals surface area contributed by atoms with E-state index in [0.717, 1.165) is 45.7 Å². The lowest BCUT2D eigenvalue weighted by molar-refractivity contribution is 0.0349. The van der Waals surface area contributed by atoms with Crippen molar-refractivity contribution in [3.63, 3.8) is 0 Å². The molecule has 0 radical (unpaired) electrons. The minimum absolute atomic E-state index is 0.297. The second-order valence-electron chi connectivity index (χ2n) is 7.02. The van der Waals surface area contributed by atoms with Gasteiger partial charge in [0, 0.05) is 13.1 Å². The topological polar surface area (TPSA) is 74.4 Å². The summed E-state index contributed by atoms with van der Waals surface area (Å²) in [5.74, 6) is 0.110. The molecule has 1 aliphatic heterocycles. The molecule has 0 bridgehead atoms. The lowest BCUT2D eigenvalue weighted by Gasteiger charge is -2.26. The minimum atomic E-state index is -0.335.